The zero-order valence-corrected chi connectivity index (χ0v) is 20.2. The number of carbonyl (C=O) groups excluding carboxylic acids is 2. The van der Waals surface area contributed by atoms with Gasteiger partial charge in [0.25, 0.3) is 0 Å². The van der Waals surface area contributed by atoms with Crippen molar-refractivity contribution in [2.45, 2.75) is 13.0 Å². The van der Waals surface area contributed by atoms with Crippen molar-refractivity contribution in [3.05, 3.63) is 77.4 Å². The number of nitrogens with one attached hydrogen (secondary N) is 2. The first-order valence-electron chi connectivity index (χ1n) is 11.0. The van der Waals surface area contributed by atoms with E-state index in [1.807, 2.05) is 18.2 Å². The van der Waals surface area contributed by atoms with Crippen LogP contribution in [0.5, 0.6) is 5.75 Å². The highest BCUT2D eigenvalue weighted by Crippen LogP contribution is 2.27. The summed E-state index contributed by atoms with van der Waals surface area (Å²) in [6.45, 7) is 0.569. The molecule has 36 heavy (non-hydrogen) atoms. The minimum atomic E-state index is -0.664. The first-order chi connectivity index (χ1) is 17.4. The number of thiazole rings is 1. The van der Waals surface area contributed by atoms with E-state index in [0.717, 1.165) is 15.4 Å². The van der Waals surface area contributed by atoms with Crippen LogP contribution in [-0.4, -0.2) is 41.5 Å². The molecule has 2 aromatic heterocycles. The molecule has 2 heterocycles. The number of methoxy groups -OCH3 is 1. The van der Waals surface area contributed by atoms with Gasteiger partial charge in [0.2, 0.25) is 0 Å². The minimum Gasteiger partial charge on any atom is -0.469 e. The molecule has 11 heteroatoms. The largest absolute Gasteiger partial charge is 0.469 e. The van der Waals surface area contributed by atoms with Gasteiger partial charge in [0.15, 0.2) is 0 Å². The Labute approximate surface area is 211 Å². The molecular formula is C25H24N6O4S. The highest BCUT2D eigenvalue weighted by atomic mass is 32.1. The Morgan fingerprint density at radius 3 is 2.64 bits per heavy atom. The van der Waals surface area contributed by atoms with Gasteiger partial charge in [-0.2, -0.15) is 0 Å². The Hall–Kier alpha value is -4.51. The predicted octanol–water partition coefficient (Wildman–Crippen LogP) is 4.16. The summed E-state index contributed by atoms with van der Waals surface area (Å²) in [5.41, 5.74) is 7.74. The molecule has 4 rings (SSSR count). The van der Waals surface area contributed by atoms with Crippen molar-refractivity contribution in [2.75, 3.05) is 23.9 Å². The van der Waals surface area contributed by atoms with Crippen molar-refractivity contribution in [3.63, 3.8) is 0 Å². The number of fused-ring (bicyclic) bond motifs is 1. The summed E-state index contributed by atoms with van der Waals surface area (Å²) in [6, 6.07) is 17.7. The van der Waals surface area contributed by atoms with E-state index in [9.17, 15) is 9.59 Å². The Morgan fingerprint density at radius 2 is 1.94 bits per heavy atom. The molecule has 0 aliphatic rings. The molecule has 2 aromatic carbocycles. The second-order valence-corrected chi connectivity index (χ2v) is 8.73. The minimum absolute atomic E-state index is 0.00113. The number of benzene rings is 2. The van der Waals surface area contributed by atoms with Crippen molar-refractivity contribution in [1.29, 1.82) is 5.41 Å². The third-order valence-electron chi connectivity index (χ3n) is 5.16. The molecule has 0 unspecified atom stereocenters. The summed E-state index contributed by atoms with van der Waals surface area (Å²) in [7, 11) is 1.29. The fourth-order valence-electron chi connectivity index (χ4n) is 3.31. The summed E-state index contributed by atoms with van der Waals surface area (Å²) >= 11 is 1.53. The van der Waals surface area contributed by atoms with E-state index >= 15 is 0 Å². The van der Waals surface area contributed by atoms with Gasteiger partial charge >= 0.3 is 12.1 Å². The van der Waals surface area contributed by atoms with Gasteiger partial charge in [-0.1, -0.05) is 6.07 Å². The molecule has 0 bridgehead atoms. The maximum atomic E-state index is 12.9. The van der Waals surface area contributed by atoms with Crippen LogP contribution in [0.3, 0.4) is 0 Å². The number of amides is 1. The second kappa shape index (κ2) is 11.3. The highest BCUT2D eigenvalue weighted by molar-refractivity contribution is 7.18. The number of nitrogens with two attached hydrogens (primary N) is 1. The second-order valence-electron chi connectivity index (χ2n) is 7.62. The molecule has 4 aromatic rings. The zero-order chi connectivity index (χ0) is 25.5. The summed E-state index contributed by atoms with van der Waals surface area (Å²) in [6.07, 6.45) is 0.895. The number of pyridine rings is 1. The lowest BCUT2D eigenvalue weighted by atomic mass is 10.2. The number of amidine groups is 1. The van der Waals surface area contributed by atoms with E-state index in [1.165, 1.54) is 23.3 Å². The van der Waals surface area contributed by atoms with Crippen molar-refractivity contribution < 1.29 is 19.1 Å². The van der Waals surface area contributed by atoms with Crippen LogP contribution in [0.15, 0.2) is 66.9 Å². The van der Waals surface area contributed by atoms with Crippen LogP contribution in [-0.2, 0) is 16.1 Å². The summed E-state index contributed by atoms with van der Waals surface area (Å²) in [5.74, 6) is 0.279. The van der Waals surface area contributed by atoms with Crippen LogP contribution in [0, 0.1) is 5.41 Å². The number of hydrogen-bond donors (Lipinski definition) is 3. The van der Waals surface area contributed by atoms with E-state index in [-0.39, 0.29) is 18.8 Å². The van der Waals surface area contributed by atoms with E-state index in [0.29, 0.717) is 29.2 Å². The number of esters is 1. The number of hydrogen-bond acceptors (Lipinski definition) is 9. The van der Waals surface area contributed by atoms with Crippen molar-refractivity contribution in [3.8, 4) is 5.75 Å². The van der Waals surface area contributed by atoms with Gasteiger partial charge in [-0.3, -0.25) is 15.1 Å². The van der Waals surface area contributed by atoms with Crippen LogP contribution in [0.2, 0.25) is 0 Å². The van der Waals surface area contributed by atoms with Crippen LogP contribution in [0.4, 0.5) is 16.3 Å². The fourth-order valence-corrected chi connectivity index (χ4v) is 4.20. The summed E-state index contributed by atoms with van der Waals surface area (Å²) in [5, 5.41) is 11.6. The maximum Gasteiger partial charge on any atom is 0.420 e. The SMILES string of the molecule is COC(=O)CCN(C(=O)Oc1ccc2sc(CNc3ccc(C(=N)N)cc3)nc2c1)c1ccccn1. The fraction of sp³-hybridized carbons (Fsp3) is 0.160. The van der Waals surface area contributed by atoms with Crippen LogP contribution < -0.4 is 20.7 Å². The summed E-state index contributed by atoms with van der Waals surface area (Å²) < 4.78 is 11.2. The third kappa shape index (κ3) is 6.13. The Kier molecular flexibility index (Phi) is 7.71. The smallest absolute Gasteiger partial charge is 0.420 e. The molecule has 1 amide bonds. The topological polar surface area (TPSA) is 144 Å². The Balaban J connectivity index is 1.44. The molecule has 4 N–H and O–H groups in total. The molecule has 0 aliphatic carbocycles. The van der Waals surface area contributed by atoms with Crippen LogP contribution in [0.25, 0.3) is 10.2 Å². The number of aromatic nitrogens is 2. The van der Waals surface area contributed by atoms with Crippen molar-refractivity contribution >= 4 is 51.0 Å². The average molecular weight is 505 g/mol. The number of carbonyl (C=O) groups is 2. The highest BCUT2D eigenvalue weighted by Gasteiger charge is 2.21. The van der Waals surface area contributed by atoms with E-state index < -0.39 is 12.1 Å². The quantitative estimate of drug-likeness (QED) is 0.175. The number of nitrogens with zero attached hydrogens (tertiary/aromatic N) is 3. The number of nitrogen functional groups attached to an aromatic ring is 1. The lowest BCUT2D eigenvalue weighted by molar-refractivity contribution is -0.140. The number of rotatable bonds is 9. The van der Waals surface area contributed by atoms with Gasteiger partial charge in [-0.05, 0) is 48.5 Å². The van der Waals surface area contributed by atoms with Gasteiger partial charge in [-0.15, -0.1) is 11.3 Å². The van der Waals surface area contributed by atoms with Crippen LogP contribution in [0.1, 0.15) is 17.0 Å². The van der Waals surface area contributed by atoms with E-state index in [1.54, 1.807) is 48.7 Å². The number of ether oxygens (including phenoxy) is 2. The van der Waals surface area contributed by atoms with Crippen molar-refractivity contribution in [1.82, 2.24) is 9.97 Å². The van der Waals surface area contributed by atoms with Gasteiger partial charge in [0.05, 0.1) is 30.3 Å². The predicted molar refractivity (Wildman–Crippen MR) is 139 cm³/mol. The zero-order valence-electron chi connectivity index (χ0n) is 19.4. The lowest BCUT2D eigenvalue weighted by Gasteiger charge is -2.20. The standard InChI is InChI=1S/C25H24N6O4S/c1-34-23(32)11-13-31(21-4-2-3-12-28-21)25(33)35-18-9-10-20-19(14-18)30-22(36-20)15-29-17-7-5-16(6-8-17)24(26)27/h2-10,12,14,29H,11,13,15H2,1H3,(H3,26,27). The summed E-state index contributed by atoms with van der Waals surface area (Å²) in [4.78, 5) is 34.7. The maximum absolute atomic E-state index is 12.9. The average Bonchev–Trinajstić information content (AvgIpc) is 3.30. The molecule has 0 spiro atoms. The van der Waals surface area contributed by atoms with Gasteiger partial charge in [0, 0.05) is 30.1 Å². The van der Waals surface area contributed by atoms with Gasteiger partial charge in [-0.25, -0.2) is 14.8 Å². The molecule has 184 valence electrons. The lowest BCUT2D eigenvalue weighted by Crippen LogP contribution is -2.36. The van der Waals surface area contributed by atoms with E-state index in [2.05, 4.69) is 20.0 Å². The monoisotopic (exact) mass is 504 g/mol. The van der Waals surface area contributed by atoms with Gasteiger partial charge < -0.3 is 20.5 Å². The molecule has 0 saturated carbocycles. The Morgan fingerprint density at radius 1 is 1.14 bits per heavy atom. The normalized spacial score (nSPS) is 10.6. The Bertz CT molecular complexity index is 1370. The molecule has 0 radical (unpaired) electrons. The van der Waals surface area contributed by atoms with Crippen molar-refractivity contribution in [2.24, 2.45) is 5.73 Å². The molecule has 0 aliphatic heterocycles. The number of anilines is 2. The third-order valence-corrected chi connectivity index (χ3v) is 6.20. The molecule has 0 saturated heterocycles. The molecular weight excluding hydrogens is 480 g/mol. The van der Waals surface area contributed by atoms with Gasteiger partial charge in [0.1, 0.15) is 22.4 Å². The van der Waals surface area contributed by atoms with E-state index in [4.69, 9.17) is 15.9 Å². The molecule has 10 nitrogen and oxygen atoms in total. The molecule has 0 atom stereocenters. The first kappa shape index (κ1) is 24.6. The molecule has 0 fully saturated rings. The first-order valence-corrected chi connectivity index (χ1v) is 11.8. The van der Waals surface area contributed by atoms with Crippen LogP contribution >= 0.6 is 11.3 Å².